The van der Waals surface area contributed by atoms with Crippen LogP contribution in [0.25, 0.3) is 0 Å². The first-order valence-corrected chi connectivity index (χ1v) is 7.37. The van der Waals surface area contributed by atoms with E-state index >= 15 is 0 Å². The third kappa shape index (κ3) is 3.61. The minimum Gasteiger partial charge on any atom is -0.481 e. The summed E-state index contributed by atoms with van der Waals surface area (Å²) in [5.74, 6) is -1.15. The van der Waals surface area contributed by atoms with Crippen molar-refractivity contribution in [2.45, 2.75) is 38.1 Å². The summed E-state index contributed by atoms with van der Waals surface area (Å²) in [6.07, 6.45) is 4.08. The van der Waals surface area contributed by atoms with E-state index in [1.165, 1.54) is 0 Å². The van der Waals surface area contributed by atoms with Crippen LogP contribution in [0.15, 0.2) is 30.3 Å². The lowest BCUT2D eigenvalue weighted by Crippen LogP contribution is -2.46. The number of amides is 1. The fraction of sp³-hybridized carbons (Fsp3) is 0.500. The van der Waals surface area contributed by atoms with E-state index < -0.39 is 17.4 Å². The second kappa shape index (κ2) is 6.72. The van der Waals surface area contributed by atoms with Gasteiger partial charge in [-0.2, -0.15) is 0 Å². The SMILES string of the molecule is N[C@H](C(=O)NCC1(C(=O)O)CCCCC1)c1ccccc1. The maximum atomic E-state index is 12.1. The molecule has 5 heteroatoms. The van der Waals surface area contributed by atoms with E-state index in [-0.39, 0.29) is 12.5 Å². The Morgan fingerprint density at radius 3 is 2.38 bits per heavy atom. The molecule has 1 atom stereocenters. The van der Waals surface area contributed by atoms with Gasteiger partial charge in [-0.1, -0.05) is 49.6 Å². The normalized spacial score (nSPS) is 18.7. The Bertz CT molecular complexity index is 496. The third-order valence-electron chi connectivity index (χ3n) is 4.31. The lowest BCUT2D eigenvalue weighted by Gasteiger charge is -2.33. The van der Waals surface area contributed by atoms with Gasteiger partial charge in [0.25, 0.3) is 0 Å². The molecule has 1 saturated carbocycles. The second-order valence-electron chi connectivity index (χ2n) is 5.75. The quantitative estimate of drug-likeness (QED) is 0.771. The molecule has 1 aromatic rings. The number of aliphatic carboxylic acids is 1. The number of benzene rings is 1. The summed E-state index contributed by atoms with van der Waals surface area (Å²) >= 11 is 0. The van der Waals surface area contributed by atoms with Gasteiger partial charge in [-0.15, -0.1) is 0 Å². The zero-order valence-electron chi connectivity index (χ0n) is 12.0. The number of rotatable bonds is 5. The minimum atomic E-state index is -0.829. The average Bonchev–Trinajstić information content (AvgIpc) is 2.53. The van der Waals surface area contributed by atoms with Crippen molar-refractivity contribution >= 4 is 11.9 Å². The zero-order valence-corrected chi connectivity index (χ0v) is 12.0. The topological polar surface area (TPSA) is 92.4 Å². The number of carbonyl (C=O) groups excluding carboxylic acids is 1. The van der Waals surface area contributed by atoms with E-state index in [0.717, 1.165) is 24.8 Å². The number of carboxylic acid groups (broad SMARTS) is 1. The molecule has 0 radical (unpaired) electrons. The summed E-state index contributed by atoms with van der Waals surface area (Å²) < 4.78 is 0. The maximum absolute atomic E-state index is 12.1. The van der Waals surface area contributed by atoms with Crippen LogP contribution in [0.2, 0.25) is 0 Å². The minimum absolute atomic E-state index is 0.154. The predicted molar refractivity (Wildman–Crippen MR) is 79.5 cm³/mol. The molecule has 0 heterocycles. The number of nitrogens with one attached hydrogen (secondary N) is 1. The molecule has 1 fully saturated rings. The maximum Gasteiger partial charge on any atom is 0.311 e. The predicted octanol–water partition coefficient (Wildman–Crippen LogP) is 1.84. The van der Waals surface area contributed by atoms with Crippen LogP contribution < -0.4 is 11.1 Å². The molecule has 114 valence electrons. The van der Waals surface area contributed by atoms with Crippen molar-refractivity contribution in [1.29, 1.82) is 0 Å². The molecule has 0 aromatic heterocycles. The van der Waals surface area contributed by atoms with Crippen LogP contribution in [0.1, 0.15) is 43.7 Å². The lowest BCUT2D eigenvalue weighted by atomic mass is 9.74. The Hall–Kier alpha value is -1.88. The molecule has 1 aliphatic carbocycles. The molecule has 4 N–H and O–H groups in total. The van der Waals surface area contributed by atoms with Crippen molar-refractivity contribution in [2.24, 2.45) is 11.1 Å². The molecule has 2 rings (SSSR count). The Morgan fingerprint density at radius 2 is 1.81 bits per heavy atom. The summed E-state index contributed by atoms with van der Waals surface area (Å²) in [5.41, 5.74) is 5.81. The molecule has 0 bridgehead atoms. The van der Waals surface area contributed by atoms with Crippen LogP contribution in [0.5, 0.6) is 0 Å². The van der Waals surface area contributed by atoms with Gasteiger partial charge in [0, 0.05) is 6.54 Å². The number of carbonyl (C=O) groups is 2. The average molecular weight is 290 g/mol. The first-order chi connectivity index (χ1) is 10.1. The van der Waals surface area contributed by atoms with E-state index in [1.54, 1.807) is 12.1 Å². The van der Waals surface area contributed by atoms with Gasteiger partial charge in [-0.3, -0.25) is 9.59 Å². The molecule has 0 saturated heterocycles. The molecule has 5 nitrogen and oxygen atoms in total. The molecule has 1 aromatic carbocycles. The summed E-state index contributed by atoms with van der Waals surface area (Å²) in [4.78, 5) is 23.7. The van der Waals surface area contributed by atoms with Gasteiger partial charge in [-0.05, 0) is 18.4 Å². The smallest absolute Gasteiger partial charge is 0.311 e. The van der Waals surface area contributed by atoms with Crippen LogP contribution in [-0.4, -0.2) is 23.5 Å². The molecule has 0 aliphatic heterocycles. The number of hydrogen-bond acceptors (Lipinski definition) is 3. The van der Waals surface area contributed by atoms with E-state index in [4.69, 9.17) is 5.73 Å². The number of carboxylic acids is 1. The van der Waals surface area contributed by atoms with Gasteiger partial charge in [0.15, 0.2) is 0 Å². The van der Waals surface area contributed by atoms with Gasteiger partial charge in [0.1, 0.15) is 6.04 Å². The standard InChI is InChI=1S/C16H22N2O3/c17-13(12-7-3-1-4-8-12)14(19)18-11-16(15(20)21)9-5-2-6-10-16/h1,3-4,7-8,13H,2,5-6,9-11,17H2,(H,18,19)(H,20,21)/t13-/m0/s1. The monoisotopic (exact) mass is 290 g/mol. The van der Waals surface area contributed by atoms with Crippen molar-refractivity contribution in [2.75, 3.05) is 6.54 Å². The first-order valence-electron chi connectivity index (χ1n) is 7.37. The molecule has 0 unspecified atom stereocenters. The fourth-order valence-electron chi connectivity index (χ4n) is 2.87. The highest BCUT2D eigenvalue weighted by molar-refractivity contribution is 5.84. The highest BCUT2D eigenvalue weighted by Crippen LogP contribution is 2.36. The van der Waals surface area contributed by atoms with E-state index in [9.17, 15) is 14.7 Å². The summed E-state index contributed by atoms with van der Waals surface area (Å²) in [7, 11) is 0. The van der Waals surface area contributed by atoms with Gasteiger partial charge >= 0.3 is 5.97 Å². The Morgan fingerprint density at radius 1 is 1.19 bits per heavy atom. The van der Waals surface area contributed by atoms with Gasteiger partial charge in [0.2, 0.25) is 5.91 Å². The largest absolute Gasteiger partial charge is 0.481 e. The number of hydrogen-bond donors (Lipinski definition) is 3. The molecule has 1 aliphatic rings. The highest BCUT2D eigenvalue weighted by atomic mass is 16.4. The molecule has 1 amide bonds. The Kier molecular flexibility index (Phi) is 4.96. The van der Waals surface area contributed by atoms with E-state index in [2.05, 4.69) is 5.32 Å². The number of nitrogens with two attached hydrogens (primary N) is 1. The highest BCUT2D eigenvalue weighted by Gasteiger charge is 2.40. The summed E-state index contributed by atoms with van der Waals surface area (Å²) in [5, 5.41) is 12.2. The Balaban J connectivity index is 1.97. The Labute approximate surface area is 124 Å². The van der Waals surface area contributed by atoms with Gasteiger partial charge in [-0.25, -0.2) is 0 Å². The molecular formula is C16H22N2O3. The van der Waals surface area contributed by atoms with Crippen molar-refractivity contribution in [3.8, 4) is 0 Å². The molecular weight excluding hydrogens is 268 g/mol. The van der Waals surface area contributed by atoms with Crippen molar-refractivity contribution < 1.29 is 14.7 Å². The van der Waals surface area contributed by atoms with Gasteiger partial charge in [0.05, 0.1) is 5.41 Å². The lowest BCUT2D eigenvalue weighted by molar-refractivity contribution is -0.151. The van der Waals surface area contributed by atoms with Crippen LogP contribution in [0.4, 0.5) is 0 Å². The van der Waals surface area contributed by atoms with Crippen LogP contribution in [0, 0.1) is 5.41 Å². The van der Waals surface area contributed by atoms with E-state index in [1.807, 2.05) is 18.2 Å². The van der Waals surface area contributed by atoms with Gasteiger partial charge < -0.3 is 16.2 Å². The van der Waals surface area contributed by atoms with Crippen LogP contribution in [0.3, 0.4) is 0 Å². The summed E-state index contributed by atoms with van der Waals surface area (Å²) in [6.45, 7) is 0.154. The zero-order chi connectivity index (χ0) is 15.3. The van der Waals surface area contributed by atoms with Crippen LogP contribution >= 0.6 is 0 Å². The summed E-state index contributed by atoms with van der Waals surface area (Å²) in [6, 6.07) is 8.32. The first kappa shape index (κ1) is 15.5. The van der Waals surface area contributed by atoms with Crippen molar-refractivity contribution in [3.63, 3.8) is 0 Å². The molecule has 21 heavy (non-hydrogen) atoms. The second-order valence-corrected chi connectivity index (χ2v) is 5.75. The van der Waals surface area contributed by atoms with Crippen LogP contribution in [-0.2, 0) is 9.59 Å². The fourth-order valence-corrected chi connectivity index (χ4v) is 2.87. The van der Waals surface area contributed by atoms with Crippen molar-refractivity contribution in [3.05, 3.63) is 35.9 Å². The van der Waals surface area contributed by atoms with Crippen molar-refractivity contribution in [1.82, 2.24) is 5.32 Å². The van der Waals surface area contributed by atoms with E-state index in [0.29, 0.717) is 12.8 Å². The third-order valence-corrected chi connectivity index (χ3v) is 4.31. The molecule has 0 spiro atoms.